The maximum Gasteiger partial charge on any atom is 0.350 e. The minimum Gasteiger partial charge on any atom is -0.462 e. The second-order valence-corrected chi connectivity index (χ2v) is 7.00. The van der Waals surface area contributed by atoms with Crippen LogP contribution in [0.4, 0.5) is 0 Å². The van der Waals surface area contributed by atoms with Crippen molar-refractivity contribution in [3.8, 4) is 0 Å². The van der Waals surface area contributed by atoms with E-state index in [1.165, 1.54) is 11.3 Å². The van der Waals surface area contributed by atoms with Gasteiger partial charge in [0, 0.05) is 13.6 Å². The number of nitrogens with one attached hydrogen (secondary N) is 2. The Hall–Kier alpha value is -2.49. The van der Waals surface area contributed by atoms with Crippen molar-refractivity contribution in [2.45, 2.75) is 47.2 Å². The number of aromatic nitrogens is 4. The fourth-order valence-corrected chi connectivity index (χ4v) is 3.28. The van der Waals surface area contributed by atoms with Crippen LogP contribution in [0.25, 0.3) is 0 Å². The Balaban J connectivity index is 2.11. The van der Waals surface area contributed by atoms with Crippen LogP contribution in [-0.4, -0.2) is 44.8 Å². The molecule has 0 saturated carbocycles. The highest BCUT2D eigenvalue weighted by molar-refractivity contribution is 7.13. The third-order valence-corrected chi connectivity index (χ3v) is 5.22. The maximum absolute atomic E-state index is 12.0. The normalized spacial score (nSPS) is 12.7. The number of esters is 1. The Morgan fingerprint density at radius 1 is 1.33 bits per heavy atom. The molecule has 0 aliphatic carbocycles. The number of ether oxygens (including phenoxy) is 1. The first-order valence-electron chi connectivity index (χ1n) is 8.91. The van der Waals surface area contributed by atoms with Gasteiger partial charge in [0.1, 0.15) is 22.3 Å². The third kappa shape index (κ3) is 5.25. The van der Waals surface area contributed by atoms with Gasteiger partial charge in [0.25, 0.3) is 0 Å². The number of hydrogen-bond acceptors (Lipinski definition) is 7. The van der Waals surface area contributed by atoms with Crippen LogP contribution in [0, 0.1) is 13.8 Å². The quantitative estimate of drug-likeness (QED) is 0.420. The van der Waals surface area contributed by atoms with Gasteiger partial charge in [0.2, 0.25) is 0 Å². The van der Waals surface area contributed by atoms with E-state index < -0.39 is 0 Å². The minimum absolute atomic E-state index is 0.115. The average molecular weight is 394 g/mol. The van der Waals surface area contributed by atoms with Crippen molar-refractivity contribution in [2.24, 2.45) is 12.0 Å². The molecule has 10 heteroatoms. The van der Waals surface area contributed by atoms with E-state index in [2.05, 4.69) is 30.8 Å². The zero-order valence-electron chi connectivity index (χ0n) is 16.7. The smallest absolute Gasteiger partial charge is 0.350 e. The lowest BCUT2D eigenvalue weighted by Crippen LogP contribution is -2.38. The van der Waals surface area contributed by atoms with Crippen molar-refractivity contribution in [3.05, 3.63) is 27.2 Å². The second-order valence-electron chi connectivity index (χ2n) is 5.97. The third-order valence-electron chi connectivity index (χ3n) is 3.90. The molecular formula is C17H27N7O2S. The van der Waals surface area contributed by atoms with Gasteiger partial charge in [-0.3, -0.25) is 0 Å². The predicted molar refractivity (Wildman–Crippen MR) is 105 cm³/mol. The van der Waals surface area contributed by atoms with Gasteiger partial charge in [-0.1, -0.05) is 0 Å². The zero-order chi connectivity index (χ0) is 20.0. The minimum atomic E-state index is -0.329. The summed E-state index contributed by atoms with van der Waals surface area (Å²) in [5.41, 5.74) is 0.679. The highest BCUT2D eigenvalue weighted by Gasteiger charge is 2.20. The molecule has 9 nitrogen and oxygen atoms in total. The SMILES string of the molecule is CCNC(=NCc1nnc(C)n1C)NC(C)c1nc(C)c(C(=O)OCC)s1. The molecule has 0 fully saturated rings. The molecule has 0 aromatic carbocycles. The lowest BCUT2D eigenvalue weighted by atomic mass is 10.3. The summed E-state index contributed by atoms with van der Waals surface area (Å²) < 4.78 is 6.99. The Labute approximate surface area is 163 Å². The van der Waals surface area contributed by atoms with Gasteiger partial charge in [0.05, 0.1) is 18.3 Å². The first-order valence-corrected chi connectivity index (χ1v) is 9.73. The van der Waals surface area contributed by atoms with Crippen LogP contribution in [0.1, 0.15) is 58.8 Å². The van der Waals surface area contributed by atoms with Crippen molar-refractivity contribution in [3.63, 3.8) is 0 Å². The van der Waals surface area contributed by atoms with Crippen LogP contribution in [0.2, 0.25) is 0 Å². The number of rotatable bonds is 7. The van der Waals surface area contributed by atoms with Crippen LogP contribution in [-0.2, 0) is 18.3 Å². The molecule has 0 bridgehead atoms. The number of thiazole rings is 1. The van der Waals surface area contributed by atoms with Gasteiger partial charge < -0.3 is 19.9 Å². The van der Waals surface area contributed by atoms with Gasteiger partial charge in [-0.05, 0) is 34.6 Å². The highest BCUT2D eigenvalue weighted by Crippen LogP contribution is 2.24. The molecule has 2 rings (SSSR count). The number of aliphatic imine (C=N–C) groups is 1. The molecule has 2 aromatic rings. The van der Waals surface area contributed by atoms with Crippen molar-refractivity contribution >= 4 is 23.3 Å². The van der Waals surface area contributed by atoms with Gasteiger partial charge in [-0.25, -0.2) is 14.8 Å². The average Bonchev–Trinajstić information content (AvgIpc) is 3.17. The molecule has 2 heterocycles. The number of aryl methyl sites for hydroxylation is 2. The molecule has 0 saturated heterocycles. The summed E-state index contributed by atoms with van der Waals surface area (Å²) in [5, 5.41) is 15.5. The molecule has 0 spiro atoms. The van der Waals surface area contributed by atoms with Crippen molar-refractivity contribution in [1.29, 1.82) is 0 Å². The number of nitrogens with zero attached hydrogens (tertiary/aromatic N) is 5. The van der Waals surface area contributed by atoms with Crippen LogP contribution >= 0.6 is 11.3 Å². The van der Waals surface area contributed by atoms with E-state index in [1.807, 2.05) is 39.3 Å². The summed E-state index contributed by atoms with van der Waals surface area (Å²) in [4.78, 5) is 21.6. The van der Waals surface area contributed by atoms with E-state index in [-0.39, 0.29) is 12.0 Å². The molecule has 1 atom stereocenters. The second kappa shape index (κ2) is 9.45. The first-order chi connectivity index (χ1) is 12.9. The monoisotopic (exact) mass is 393 g/mol. The molecule has 0 amide bonds. The van der Waals surface area contributed by atoms with Crippen molar-refractivity contribution < 1.29 is 9.53 Å². The number of carbonyl (C=O) groups excluding carboxylic acids is 1. The Morgan fingerprint density at radius 2 is 2.07 bits per heavy atom. The molecule has 148 valence electrons. The molecule has 0 aliphatic heterocycles. The topological polar surface area (TPSA) is 106 Å². The number of carbonyl (C=O) groups is 1. The Bertz CT molecular complexity index is 812. The van der Waals surface area contributed by atoms with Gasteiger partial charge in [-0.2, -0.15) is 0 Å². The van der Waals surface area contributed by atoms with Gasteiger partial charge in [-0.15, -0.1) is 21.5 Å². The summed E-state index contributed by atoms with van der Waals surface area (Å²) in [6.45, 7) is 11.0. The van der Waals surface area contributed by atoms with Crippen LogP contribution < -0.4 is 10.6 Å². The van der Waals surface area contributed by atoms with E-state index in [4.69, 9.17) is 4.74 Å². The van der Waals surface area contributed by atoms with Gasteiger partial charge >= 0.3 is 5.97 Å². The maximum atomic E-state index is 12.0. The van der Waals surface area contributed by atoms with E-state index in [0.29, 0.717) is 29.7 Å². The summed E-state index contributed by atoms with van der Waals surface area (Å²) in [6.07, 6.45) is 0. The highest BCUT2D eigenvalue weighted by atomic mass is 32.1. The number of guanidine groups is 1. The first kappa shape index (κ1) is 20.8. The summed E-state index contributed by atoms with van der Waals surface area (Å²) in [6, 6.07) is -0.115. The molecule has 1 unspecified atom stereocenters. The zero-order valence-corrected chi connectivity index (χ0v) is 17.5. The standard InChI is InChI=1S/C17H27N7O2S/c1-7-18-17(19-9-13-23-22-12(5)24(13)6)21-11(4)15-20-10(3)14(27-15)16(25)26-8-2/h11H,7-9H2,1-6H3,(H2,18,19,21). The van der Waals surface area contributed by atoms with Crippen LogP contribution in [0.15, 0.2) is 4.99 Å². The molecule has 0 radical (unpaired) electrons. The fraction of sp³-hybridized carbons (Fsp3) is 0.588. The lowest BCUT2D eigenvalue weighted by molar-refractivity contribution is 0.0531. The molecule has 2 N–H and O–H groups in total. The van der Waals surface area contributed by atoms with Crippen molar-refractivity contribution in [2.75, 3.05) is 13.2 Å². The van der Waals surface area contributed by atoms with E-state index in [0.717, 1.165) is 23.2 Å². The summed E-state index contributed by atoms with van der Waals surface area (Å²) in [5.74, 6) is 1.95. The van der Waals surface area contributed by atoms with Crippen molar-refractivity contribution in [1.82, 2.24) is 30.4 Å². The van der Waals surface area contributed by atoms with Crippen LogP contribution in [0.3, 0.4) is 0 Å². The lowest BCUT2D eigenvalue weighted by Gasteiger charge is -2.15. The molecule has 27 heavy (non-hydrogen) atoms. The van der Waals surface area contributed by atoms with E-state index in [1.54, 1.807) is 6.92 Å². The number of hydrogen-bond donors (Lipinski definition) is 2. The molecular weight excluding hydrogens is 366 g/mol. The predicted octanol–water partition coefficient (Wildman–Crippen LogP) is 1.88. The van der Waals surface area contributed by atoms with E-state index in [9.17, 15) is 4.79 Å². The Kier molecular flexibility index (Phi) is 7.28. The largest absolute Gasteiger partial charge is 0.462 e. The summed E-state index contributed by atoms with van der Waals surface area (Å²) >= 11 is 1.34. The van der Waals surface area contributed by atoms with Gasteiger partial charge in [0.15, 0.2) is 11.8 Å². The molecule has 0 aliphatic rings. The Morgan fingerprint density at radius 3 is 2.67 bits per heavy atom. The fourth-order valence-electron chi connectivity index (χ4n) is 2.31. The van der Waals surface area contributed by atoms with E-state index >= 15 is 0 Å². The summed E-state index contributed by atoms with van der Waals surface area (Å²) in [7, 11) is 1.92. The molecule has 2 aromatic heterocycles. The van der Waals surface area contributed by atoms with Crippen LogP contribution in [0.5, 0.6) is 0 Å².